The highest BCUT2D eigenvalue weighted by Crippen LogP contribution is 2.43. The molecular weight excluding hydrogens is 212 g/mol. The molecule has 1 aliphatic rings. The SMILES string of the molecule is Cc1ccc2c(n1)N(C)c1ncccc1N2C. The minimum Gasteiger partial charge on any atom is -0.339 e. The molecule has 0 atom stereocenters. The Morgan fingerprint density at radius 1 is 0.941 bits per heavy atom. The number of fused-ring (bicyclic) bond motifs is 2. The van der Waals surface area contributed by atoms with E-state index in [1.165, 1.54) is 0 Å². The fraction of sp³-hybridized carbons (Fsp3) is 0.231. The Morgan fingerprint density at radius 3 is 2.53 bits per heavy atom. The molecule has 2 aromatic heterocycles. The molecule has 0 saturated heterocycles. The molecule has 86 valence electrons. The van der Waals surface area contributed by atoms with E-state index in [0.717, 1.165) is 28.7 Å². The molecule has 0 aliphatic carbocycles. The van der Waals surface area contributed by atoms with E-state index < -0.39 is 0 Å². The van der Waals surface area contributed by atoms with Gasteiger partial charge in [0.15, 0.2) is 11.6 Å². The lowest BCUT2D eigenvalue weighted by Gasteiger charge is -2.34. The minimum absolute atomic E-state index is 0.945. The van der Waals surface area contributed by atoms with E-state index in [4.69, 9.17) is 0 Å². The van der Waals surface area contributed by atoms with Crippen LogP contribution in [-0.4, -0.2) is 24.1 Å². The van der Waals surface area contributed by atoms with Gasteiger partial charge < -0.3 is 9.80 Å². The van der Waals surface area contributed by atoms with Gasteiger partial charge in [-0.2, -0.15) is 0 Å². The largest absolute Gasteiger partial charge is 0.339 e. The molecule has 1 aliphatic heterocycles. The predicted octanol–water partition coefficient (Wildman–Crippen LogP) is 2.63. The maximum atomic E-state index is 4.59. The van der Waals surface area contributed by atoms with Crippen LogP contribution in [0.5, 0.6) is 0 Å². The number of aromatic nitrogens is 2. The summed E-state index contributed by atoms with van der Waals surface area (Å²) in [7, 11) is 4.05. The topological polar surface area (TPSA) is 32.3 Å². The fourth-order valence-corrected chi connectivity index (χ4v) is 2.18. The van der Waals surface area contributed by atoms with Crippen molar-refractivity contribution in [1.29, 1.82) is 0 Å². The highest BCUT2D eigenvalue weighted by Gasteiger charge is 2.25. The molecule has 0 bridgehead atoms. The lowest BCUT2D eigenvalue weighted by Crippen LogP contribution is -2.26. The maximum Gasteiger partial charge on any atom is 0.158 e. The molecule has 0 N–H and O–H groups in total. The fourth-order valence-electron chi connectivity index (χ4n) is 2.18. The van der Waals surface area contributed by atoms with E-state index in [1.54, 1.807) is 0 Å². The number of anilines is 4. The molecule has 0 aromatic carbocycles. The molecule has 4 nitrogen and oxygen atoms in total. The summed E-state index contributed by atoms with van der Waals surface area (Å²) in [4.78, 5) is 13.2. The number of pyridine rings is 2. The monoisotopic (exact) mass is 226 g/mol. The Labute approximate surface area is 101 Å². The average molecular weight is 226 g/mol. The van der Waals surface area contributed by atoms with Crippen molar-refractivity contribution >= 4 is 23.0 Å². The first-order valence-corrected chi connectivity index (χ1v) is 5.58. The molecule has 3 rings (SSSR count). The molecule has 0 amide bonds. The third kappa shape index (κ3) is 1.37. The van der Waals surface area contributed by atoms with Gasteiger partial charge in [-0.25, -0.2) is 9.97 Å². The maximum absolute atomic E-state index is 4.59. The number of hydrogen-bond donors (Lipinski definition) is 0. The van der Waals surface area contributed by atoms with Gasteiger partial charge in [0.05, 0.1) is 11.4 Å². The molecule has 2 aromatic rings. The third-order valence-corrected chi connectivity index (χ3v) is 3.12. The first kappa shape index (κ1) is 10.1. The zero-order chi connectivity index (χ0) is 12.0. The van der Waals surface area contributed by atoms with Crippen molar-refractivity contribution in [2.45, 2.75) is 6.92 Å². The summed E-state index contributed by atoms with van der Waals surface area (Å²) in [5.74, 6) is 1.90. The van der Waals surface area contributed by atoms with Crippen LogP contribution < -0.4 is 9.80 Å². The number of rotatable bonds is 0. The van der Waals surface area contributed by atoms with Crippen molar-refractivity contribution in [2.75, 3.05) is 23.9 Å². The van der Waals surface area contributed by atoms with Crippen molar-refractivity contribution in [1.82, 2.24) is 9.97 Å². The molecule has 0 spiro atoms. The highest BCUT2D eigenvalue weighted by atomic mass is 15.3. The van der Waals surface area contributed by atoms with Gasteiger partial charge >= 0.3 is 0 Å². The van der Waals surface area contributed by atoms with Crippen LogP contribution in [0.2, 0.25) is 0 Å². The lowest BCUT2D eigenvalue weighted by atomic mass is 10.2. The Bertz CT molecular complexity index is 579. The molecular formula is C13H14N4. The van der Waals surface area contributed by atoms with Crippen molar-refractivity contribution < 1.29 is 0 Å². The number of hydrogen-bond acceptors (Lipinski definition) is 4. The van der Waals surface area contributed by atoms with Gasteiger partial charge in [-0.3, -0.25) is 0 Å². The van der Waals surface area contributed by atoms with Gasteiger partial charge in [-0.15, -0.1) is 0 Å². The van der Waals surface area contributed by atoms with Crippen molar-refractivity contribution in [3.63, 3.8) is 0 Å². The summed E-state index contributed by atoms with van der Waals surface area (Å²) in [5, 5.41) is 0. The van der Waals surface area contributed by atoms with Crippen LogP contribution in [0.25, 0.3) is 0 Å². The molecule has 0 saturated carbocycles. The van der Waals surface area contributed by atoms with Crippen molar-refractivity contribution in [3.05, 3.63) is 36.2 Å². The van der Waals surface area contributed by atoms with Gasteiger partial charge in [0.25, 0.3) is 0 Å². The van der Waals surface area contributed by atoms with E-state index in [1.807, 2.05) is 44.2 Å². The normalized spacial score (nSPS) is 13.4. The Balaban J connectivity index is 2.25. The molecule has 0 unspecified atom stereocenters. The second-order valence-corrected chi connectivity index (χ2v) is 4.26. The standard InChI is InChI=1S/C13H14N4/c1-9-6-7-11-13(15-9)17(3)12-10(16(11)2)5-4-8-14-12/h4-8H,1-3H3. The van der Waals surface area contributed by atoms with Crippen LogP contribution in [0.3, 0.4) is 0 Å². The Hall–Kier alpha value is -2.10. The zero-order valence-corrected chi connectivity index (χ0v) is 10.2. The molecule has 0 fully saturated rings. The second kappa shape index (κ2) is 3.45. The van der Waals surface area contributed by atoms with Crippen LogP contribution in [0, 0.1) is 6.92 Å². The molecule has 4 heteroatoms. The highest BCUT2D eigenvalue weighted by molar-refractivity contribution is 5.88. The smallest absolute Gasteiger partial charge is 0.158 e. The molecule has 3 heterocycles. The van der Waals surface area contributed by atoms with Crippen LogP contribution in [0.4, 0.5) is 23.0 Å². The minimum atomic E-state index is 0.945. The Morgan fingerprint density at radius 2 is 1.71 bits per heavy atom. The average Bonchev–Trinajstić information content (AvgIpc) is 2.36. The quantitative estimate of drug-likeness (QED) is 0.691. The van der Waals surface area contributed by atoms with Gasteiger partial charge in [-0.1, -0.05) is 0 Å². The van der Waals surface area contributed by atoms with Gasteiger partial charge in [-0.05, 0) is 31.2 Å². The van der Waals surface area contributed by atoms with Crippen LogP contribution in [0.15, 0.2) is 30.5 Å². The third-order valence-electron chi connectivity index (χ3n) is 3.12. The van der Waals surface area contributed by atoms with Gasteiger partial charge in [0.2, 0.25) is 0 Å². The van der Waals surface area contributed by atoms with Crippen molar-refractivity contribution in [2.24, 2.45) is 0 Å². The summed E-state index contributed by atoms with van der Waals surface area (Å²) >= 11 is 0. The van der Waals surface area contributed by atoms with E-state index in [2.05, 4.69) is 27.0 Å². The summed E-state index contributed by atoms with van der Waals surface area (Å²) in [6.45, 7) is 2.00. The van der Waals surface area contributed by atoms with Crippen LogP contribution >= 0.6 is 0 Å². The lowest BCUT2D eigenvalue weighted by molar-refractivity contribution is 0.997. The summed E-state index contributed by atoms with van der Waals surface area (Å²) in [5.41, 5.74) is 3.23. The van der Waals surface area contributed by atoms with Gasteiger partial charge in [0.1, 0.15) is 0 Å². The summed E-state index contributed by atoms with van der Waals surface area (Å²) in [6.07, 6.45) is 1.81. The summed E-state index contributed by atoms with van der Waals surface area (Å²) < 4.78 is 0. The summed E-state index contributed by atoms with van der Waals surface area (Å²) in [6, 6.07) is 8.16. The van der Waals surface area contributed by atoms with Crippen molar-refractivity contribution in [3.8, 4) is 0 Å². The first-order valence-electron chi connectivity index (χ1n) is 5.58. The zero-order valence-electron chi connectivity index (χ0n) is 10.2. The second-order valence-electron chi connectivity index (χ2n) is 4.26. The first-order chi connectivity index (χ1) is 8.18. The van der Waals surface area contributed by atoms with Crippen LogP contribution in [0.1, 0.15) is 5.69 Å². The Kier molecular flexibility index (Phi) is 2.04. The van der Waals surface area contributed by atoms with E-state index in [-0.39, 0.29) is 0 Å². The van der Waals surface area contributed by atoms with E-state index in [9.17, 15) is 0 Å². The number of aryl methyl sites for hydroxylation is 1. The van der Waals surface area contributed by atoms with Gasteiger partial charge in [0, 0.05) is 26.0 Å². The molecule has 17 heavy (non-hydrogen) atoms. The molecule has 0 radical (unpaired) electrons. The number of nitrogens with zero attached hydrogens (tertiary/aromatic N) is 4. The van der Waals surface area contributed by atoms with Crippen LogP contribution in [-0.2, 0) is 0 Å². The van der Waals surface area contributed by atoms with E-state index >= 15 is 0 Å². The predicted molar refractivity (Wildman–Crippen MR) is 69.3 cm³/mol. The van der Waals surface area contributed by atoms with E-state index in [0.29, 0.717) is 0 Å².